The van der Waals surface area contributed by atoms with E-state index in [9.17, 15) is 58.5 Å². The molecule has 0 heterocycles. The molecule has 0 amide bonds. The monoisotopic (exact) mass is 600 g/mol. The van der Waals surface area contributed by atoms with Gasteiger partial charge in [0.25, 0.3) is 0 Å². The van der Waals surface area contributed by atoms with Crippen LogP contribution < -0.4 is 15.3 Å². The zero-order valence-corrected chi connectivity index (χ0v) is 21.5. The molecule has 0 saturated carbocycles. The largest absolute Gasteiger partial charge is 3.00 e. The van der Waals surface area contributed by atoms with Gasteiger partial charge in [-0.2, -0.15) is 0 Å². The standard InChI is InChI=1S/3C6H8O7.Al/c3*1-2(7)13-6(12)4(9)3(8)5(10)11;/h3*3-4,8-9H,1H3,(H,10,11);/q;;;+3/p-3. The van der Waals surface area contributed by atoms with Gasteiger partial charge in [0.1, 0.15) is 18.3 Å². The molecular weight excluding hydrogens is 579 g/mol. The van der Waals surface area contributed by atoms with Crippen molar-refractivity contribution in [2.24, 2.45) is 0 Å². The molecule has 0 aliphatic rings. The fourth-order valence-electron chi connectivity index (χ4n) is 1.38. The second kappa shape index (κ2) is 21.0. The molecule has 6 unspecified atom stereocenters. The number of aliphatic carboxylic acids is 3. The molecule has 0 aliphatic heterocycles. The van der Waals surface area contributed by atoms with Gasteiger partial charge < -0.3 is 74.6 Å². The molecule has 0 bridgehead atoms. The van der Waals surface area contributed by atoms with Crippen molar-refractivity contribution in [1.82, 2.24) is 0 Å². The second-order valence-electron chi connectivity index (χ2n) is 6.36. The van der Waals surface area contributed by atoms with Crippen molar-refractivity contribution in [1.29, 1.82) is 0 Å². The van der Waals surface area contributed by atoms with E-state index < -0.39 is 90.3 Å². The summed E-state index contributed by atoms with van der Waals surface area (Å²) in [6.45, 7) is 2.65. The van der Waals surface area contributed by atoms with Crippen LogP contribution in [0.15, 0.2) is 0 Å². The van der Waals surface area contributed by atoms with Gasteiger partial charge in [-0.1, -0.05) is 0 Å². The van der Waals surface area contributed by atoms with Gasteiger partial charge in [0.15, 0.2) is 18.3 Å². The molecule has 22 heteroatoms. The predicted molar refractivity (Wildman–Crippen MR) is 107 cm³/mol. The fourth-order valence-corrected chi connectivity index (χ4v) is 1.38. The molecule has 0 spiro atoms. The Morgan fingerprint density at radius 2 is 0.575 bits per heavy atom. The zero-order chi connectivity index (χ0) is 31.8. The van der Waals surface area contributed by atoms with Crippen LogP contribution in [0.4, 0.5) is 0 Å². The van der Waals surface area contributed by atoms with E-state index in [1.807, 2.05) is 0 Å². The smallest absolute Gasteiger partial charge is 0.547 e. The summed E-state index contributed by atoms with van der Waals surface area (Å²) in [5.41, 5.74) is 0. The molecule has 21 nitrogen and oxygen atoms in total. The molecule has 40 heavy (non-hydrogen) atoms. The van der Waals surface area contributed by atoms with E-state index in [1.165, 1.54) is 0 Å². The maximum absolute atomic E-state index is 10.6. The number of hydrogen-bond acceptors (Lipinski definition) is 21. The van der Waals surface area contributed by atoms with Gasteiger partial charge in [-0.05, 0) is 0 Å². The van der Waals surface area contributed by atoms with Crippen LogP contribution in [-0.4, -0.2) is 138 Å². The third-order valence-corrected chi connectivity index (χ3v) is 3.08. The van der Waals surface area contributed by atoms with E-state index in [0.717, 1.165) is 20.8 Å². The van der Waals surface area contributed by atoms with Gasteiger partial charge in [-0.25, -0.2) is 14.4 Å². The molecule has 0 radical (unpaired) electrons. The van der Waals surface area contributed by atoms with Crippen molar-refractivity contribution in [3.63, 3.8) is 0 Å². The maximum Gasteiger partial charge on any atom is 3.00 e. The summed E-state index contributed by atoms with van der Waals surface area (Å²) < 4.78 is 11.4. The summed E-state index contributed by atoms with van der Waals surface area (Å²) in [5, 5.41) is 81.5. The summed E-state index contributed by atoms with van der Waals surface area (Å²) in [5.74, 6) is -13.8. The summed E-state index contributed by atoms with van der Waals surface area (Å²) in [7, 11) is 0. The molecule has 6 atom stereocenters. The number of hydrogen-bond donors (Lipinski definition) is 6. The Kier molecular flexibility index (Phi) is 22.7. The minimum Gasteiger partial charge on any atom is -0.547 e. The van der Waals surface area contributed by atoms with Crippen LogP contribution in [0.3, 0.4) is 0 Å². The zero-order valence-electron chi connectivity index (χ0n) is 20.3. The van der Waals surface area contributed by atoms with Crippen molar-refractivity contribution in [3.05, 3.63) is 0 Å². The number of rotatable bonds is 9. The first-order valence-corrected chi connectivity index (χ1v) is 9.46. The SMILES string of the molecule is CC(=O)OC(=O)C(O)C(O)C(=O)[O-].CC(=O)OC(=O)C(O)C(O)C(=O)[O-].CC(=O)OC(=O)C(O)C(O)C(=O)[O-].[Al+3]. The first-order chi connectivity index (χ1) is 17.6. The Morgan fingerprint density at radius 1 is 0.425 bits per heavy atom. The van der Waals surface area contributed by atoms with E-state index in [4.69, 9.17) is 30.6 Å². The Labute approximate surface area is 232 Å². The van der Waals surface area contributed by atoms with E-state index in [1.54, 1.807) is 0 Å². The minimum absolute atomic E-state index is 0. The van der Waals surface area contributed by atoms with Crippen LogP contribution in [0.5, 0.6) is 0 Å². The molecule has 0 aromatic rings. The number of ether oxygens (including phenoxy) is 3. The van der Waals surface area contributed by atoms with Crippen LogP contribution in [0.2, 0.25) is 0 Å². The maximum atomic E-state index is 10.6. The first-order valence-electron chi connectivity index (χ1n) is 9.46. The van der Waals surface area contributed by atoms with E-state index >= 15 is 0 Å². The van der Waals surface area contributed by atoms with Crippen molar-refractivity contribution >= 4 is 71.1 Å². The van der Waals surface area contributed by atoms with Crippen molar-refractivity contribution in [3.8, 4) is 0 Å². The number of aliphatic hydroxyl groups excluding tert-OH is 6. The fraction of sp³-hybridized carbons (Fsp3) is 0.500. The summed E-state index contributed by atoms with van der Waals surface area (Å²) >= 11 is 0. The van der Waals surface area contributed by atoms with E-state index in [0.29, 0.717) is 0 Å². The minimum atomic E-state index is -2.41. The molecule has 0 aromatic heterocycles. The van der Waals surface area contributed by atoms with Gasteiger partial charge in [0.2, 0.25) is 0 Å². The second-order valence-corrected chi connectivity index (χ2v) is 6.36. The van der Waals surface area contributed by atoms with Crippen LogP contribution in [0.25, 0.3) is 0 Å². The predicted octanol–water partition coefficient (Wildman–Crippen LogP) is -10.7. The third-order valence-electron chi connectivity index (χ3n) is 3.08. The number of carboxylic acids is 3. The average Bonchev–Trinajstić information content (AvgIpc) is 2.80. The quantitative estimate of drug-likeness (QED) is 0.0618. The van der Waals surface area contributed by atoms with Crippen LogP contribution >= 0.6 is 0 Å². The van der Waals surface area contributed by atoms with Gasteiger partial charge in [-0.15, -0.1) is 0 Å². The molecule has 0 rings (SSSR count). The summed E-state index contributed by atoms with van der Waals surface area (Å²) in [6.07, 6.45) is -14.2. The van der Waals surface area contributed by atoms with E-state index in [-0.39, 0.29) is 17.4 Å². The van der Waals surface area contributed by atoms with Crippen molar-refractivity contribution < 1.29 is 103 Å². The van der Waals surface area contributed by atoms with Crippen LogP contribution in [-0.2, 0) is 57.4 Å². The average molecular weight is 600 g/mol. The molecule has 0 aliphatic carbocycles. The Hall–Kier alpha value is -3.88. The first kappa shape index (κ1) is 43.2. The molecule has 222 valence electrons. The van der Waals surface area contributed by atoms with Gasteiger partial charge in [0.05, 0.1) is 17.9 Å². The molecule has 0 fully saturated rings. The number of carbonyl (C=O) groups excluding carboxylic acids is 9. The van der Waals surface area contributed by atoms with Gasteiger partial charge in [0, 0.05) is 20.8 Å². The van der Waals surface area contributed by atoms with Crippen LogP contribution in [0, 0.1) is 0 Å². The van der Waals surface area contributed by atoms with E-state index in [2.05, 4.69) is 14.2 Å². The Morgan fingerprint density at radius 3 is 0.675 bits per heavy atom. The Bertz CT molecular complexity index is 825. The molecule has 0 saturated heterocycles. The van der Waals surface area contributed by atoms with Crippen molar-refractivity contribution in [2.45, 2.75) is 57.4 Å². The number of esters is 6. The number of aliphatic hydroxyl groups is 6. The molecular formula is C18H21AlO21. The third kappa shape index (κ3) is 19.2. The molecule has 6 N–H and O–H groups in total. The normalized spacial score (nSPS) is 14.0. The van der Waals surface area contributed by atoms with Crippen LogP contribution in [0.1, 0.15) is 20.8 Å². The Balaban J connectivity index is -0.000000240. The number of carboxylic acid groups (broad SMARTS) is 3. The summed E-state index contributed by atoms with van der Waals surface area (Å²) in [4.78, 5) is 91.9. The van der Waals surface area contributed by atoms with Gasteiger partial charge in [-0.3, -0.25) is 14.4 Å². The molecule has 0 aromatic carbocycles. The number of carbonyl (C=O) groups is 9. The van der Waals surface area contributed by atoms with Gasteiger partial charge >= 0.3 is 53.2 Å². The topological polar surface area (TPSA) is 372 Å². The van der Waals surface area contributed by atoms with Crippen molar-refractivity contribution in [2.75, 3.05) is 0 Å². The summed E-state index contributed by atoms with van der Waals surface area (Å²) in [6, 6.07) is 0.